The Hall–Kier alpha value is -1.62. The van der Waals surface area contributed by atoms with Gasteiger partial charge in [-0.3, -0.25) is 4.98 Å². The summed E-state index contributed by atoms with van der Waals surface area (Å²) >= 11 is 1.68. The van der Waals surface area contributed by atoms with Crippen LogP contribution in [0.1, 0.15) is 24.4 Å². The number of pyridine rings is 1. The van der Waals surface area contributed by atoms with Gasteiger partial charge in [-0.2, -0.15) is 0 Å². The number of hydrogen-bond donors (Lipinski definition) is 2. The predicted octanol–water partition coefficient (Wildman–Crippen LogP) is 3.14. The van der Waals surface area contributed by atoms with Gasteiger partial charge in [0.05, 0.1) is 29.8 Å². The van der Waals surface area contributed by atoms with Gasteiger partial charge < -0.3 is 10.6 Å². The zero-order valence-electron chi connectivity index (χ0n) is 9.97. The first-order chi connectivity index (χ1) is 8.33. The highest BCUT2D eigenvalue weighted by Crippen LogP contribution is 2.24. The number of aromatic nitrogens is 2. The molecule has 0 saturated carbocycles. The first kappa shape index (κ1) is 11.9. The van der Waals surface area contributed by atoms with Gasteiger partial charge in [0.25, 0.3) is 0 Å². The molecule has 0 aromatic carbocycles. The van der Waals surface area contributed by atoms with E-state index in [0.717, 1.165) is 22.8 Å². The molecular weight excluding hydrogens is 232 g/mol. The third kappa shape index (κ3) is 2.94. The Morgan fingerprint density at radius 2 is 2.18 bits per heavy atom. The zero-order chi connectivity index (χ0) is 12.1. The first-order valence-electron chi connectivity index (χ1n) is 5.62. The van der Waals surface area contributed by atoms with Crippen LogP contribution in [0.5, 0.6) is 0 Å². The lowest BCUT2D eigenvalue weighted by atomic mass is 10.2. The van der Waals surface area contributed by atoms with Crippen molar-refractivity contribution < 1.29 is 0 Å². The Kier molecular flexibility index (Phi) is 3.93. The molecule has 0 aliphatic rings. The van der Waals surface area contributed by atoms with Crippen LogP contribution in [0.25, 0.3) is 0 Å². The molecule has 4 nitrogen and oxygen atoms in total. The van der Waals surface area contributed by atoms with Crippen LogP contribution in [0.4, 0.5) is 11.4 Å². The number of hydrogen-bond acceptors (Lipinski definition) is 5. The third-order valence-corrected chi connectivity index (χ3v) is 3.41. The molecule has 1 atom stereocenters. The number of rotatable bonds is 5. The Bertz CT molecular complexity index is 455. The average Bonchev–Trinajstić information content (AvgIpc) is 2.90. The van der Waals surface area contributed by atoms with Gasteiger partial charge in [-0.25, -0.2) is 4.98 Å². The molecule has 2 aromatic rings. The molecule has 2 heterocycles. The molecule has 17 heavy (non-hydrogen) atoms. The van der Waals surface area contributed by atoms with E-state index in [-0.39, 0.29) is 6.04 Å². The lowest BCUT2D eigenvalue weighted by Crippen LogP contribution is -2.09. The van der Waals surface area contributed by atoms with E-state index in [1.54, 1.807) is 17.5 Å². The highest BCUT2D eigenvalue weighted by molar-refractivity contribution is 7.09. The third-order valence-electron chi connectivity index (χ3n) is 2.53. The van der Waals surface area contributed by atoms with E-state index in [1.807, 2.05) is 30.9 Å². The fraction of sp³-hybridized carbons (Fsp3) is 0.333. The van der Waals surface area contributed by atoms with E-state index in [1.165, 1.54) is 0 Å². The SMILES string of the molecule is CCC(Nc1cncc(NC)c1)c1nccs1. The maximum Gasteiger partial charge on any atom is 0.115 e. The second-order valence-electron chi connectivity index (χ2n) is 3.69. The van der Waals surface area contributed by atoms with Crippen LogP contribution in [-0.2, 0) is 0 Å². The van der Waals surface area contributed by atoms with Crippen molar-refractivity contribution in [2.24, 2.45) is 0 Å². The molecule has 0 amide bonds. The fourth-order valence-corrected chi connectivity index (χ4v) is 2.37. The zero-order valence-corrected chi connectivity index (χ0v) is 10.8. The number of anilines is 2. The molecule has 2 N–H and O–H groups in total. The van der Waals surface area contributed by atoms with Crippen LogP contribution in [0.3, 0.4) is 0 Å². The number of nitrogens with zero attached hydrogens (tertiary/aromatic N) is 2. The predicted molar refractivity (Wildman–Crippen MR) is 72.6 cm³/mol. The Morgan fingerprint density at radius 3 is 2.82 bits per heavy atom. The van der Waals surface area contributed by atoms with Gasteiger partial charge in [0.2, 0.25) is 0 Å². The van der Waals surface area contributed by atoms with Crippen LogP contribution in [0.2, 0.25) is 0 Å². The molecule has 0 spiro atoms. The topological polar surface area (TPSA) is 49.8 Å². The maximum absolute atomic E-state index is 4.35. The van der Waals surface area contributed by atoms with Crippen LogP contribution >= 0.6 is 11.3 Å². The normalized spacial score (nSPS) is 12.1. The lowest BCUT2D eigenvalue weighted by Gasteiger charge is -2.16. The Morgan fingerprint density at radius 1 is 1.35 bits per heavy atom. The molecule has 0 radical (unpaired) electrons. The molecule has 0 saturated heterocycles. The summed E-state index contributed by atoms with van der Waals surface area (Å²) in [4.78, 5) is 8.53. The molecule has 5 heteroatoms. The summed E-state index contributed by atoms with van der Waals surface area (Å²) in [6.45, 7) is 2.15. The second kappa shape index (κ2) is 5.63. The van der Waals surface area contributed by atoms with E-state index < -0.39 is 0 Å². The number of thiazole rings is 1. The smallest absolute Gasteiger partial charge is 0.115 e. The minimum atomic E-state index is 0.254. The Labute approximate surface area is 105 Å². The average molecular weight is 248 g/mol. The van der Waals surface area contributed by atoms with Crippen LogP contribution in [-0.4, -0.2) is 17.0 Å². The summed E-state index contributed by atoms with van der Waals surface area (Å²) in [6.07, 6.45) is 6.47. The van der Waals surface area contributed by atoms with Crippen LogP contribution in [0.15, 0.2) is 30.0 Å². The monoisotopic (exact) mass is 248 g/mol. The van der Waals surface area contributed by atoms with E-state index in [9.17, 15) is 0 Å². The van der Waals surface area contributed by atoms with Gasteiger partial charge in [0, 0.05) is 18.6 Å². The van der Waals surface area contributed by atoms with Crippen LogP contribution in [0, 0.1) is 0 Å². The second-order valence-corrected chi connectivity index (χ2v) is 4.61. The van der Waals surface area contributed by atoms with Crippen molar-refractivity contribution in [3.63, 3.8) is 0 Å². The van der Waals surface area contributed by atoms with Gasteiger partial charge >= 0.3 is 0 Å². The summed E-state index contributed by atoms with van der Waals surface area (Å²) in [5.41, 5.74) is 2.02. The van der Waals surface area contributed by atoms with E-state index in [0.29, 0.717) is 0 Å². The minimum Gasteiger partial charge on any atom is -0.387 e. The van der Waals surface area contributed by atoms with Crippen molar-refractivity contribution in [2.75, 3.05) is 17.7 Å². The summed E-state index contributed by atoms with van der Waals surface area (Å²) in [5.74, 6) is 0. The molecular formula is C12H16N4S. The van der Waals surface area contributed by atoms with Gasteiger partial charge in [-0.1, -0.05) is 6.92 Å². The molecule has 0 aliphatic carbocycles. The highest BCUT2D eigenvalue weighted by atomic mass is 32.1. The lowest BCUT2D eigenvalue weighted by molar-refractivity contribution is 0.741. The molecule has 0 fully saturated rings. The highest BCUT2D eigenvalue weighted by Gasteiger charge is 2.11. The standard InChI is InChI=1S/C12H16N4S/c1-3-11(12-15-4-5-17-12)16-10-6-9(13-2)7-14-8-10/h4-8,11,13,16H,3H2,1-2H3. The molecule has 0 bridgehead atoms. The van der Waals surface area contributed by atoms with Crippen molar-refractivity contribution in [2.45, 2.75) is 19.4 Å². The van der Waals surface area contributed by atoms with Gasteiger partial charge in [0.1, 0.15) is 5.01 Å². The summed E-state index contributed by atoms with van der Waals surface area (Å²) < 4.78 is 0. The largest absolute Gasteiger partial charge is 0.387 e. The van der Waals surface area contributed by atoms with Crippen molar-refractivity contribution in [1.82, 2.24) is 9.97 Å². The molecule has 1 unspecified atom stereocenters. The fourth-order valence-electron chi connectivity index (χ4n) is 1.60. The van der Waals surface area contributed by atoms with Gasteiger partial charge in [-0.15, -0.1) is 11.3 Å². The van der Waals surface area contributed by atoms with Gasteiger partial charge in [-0.05, 0) is 12.5 Å². The van der Waals surface area contributed by atoms with E-state index in [2.05, 4.69) is 27.5 Å². The minimum absolute atomic E-state index is 0.254. The van der Waals surface area contributed by atoms with Crippen molar-refractivity contribution in [3.05, 3.63) is 35.0 Å². The number of nitrogens with one attached hydrogen (secondary N) is 2. The molecule has 0 aliphatic heterocycles. The molecule has 2 rings (SSSR count). The van der Waals surface area contributed by atoms with Crippen LogP contribution < -0.4 is 10.6 Å². The van der Waals surface area contributed by atoms with Crippen molar-refractivity contribution in [3.8, 4) is 0 Å². The van der Waals surface area contributed by atoms with Gasteiger partial charge in [0.15, 0.2) is 0 Å². The van der Waals surface area contributed by atoms with Crippen molar-refractivity contribution >= 4 is 22.7 Å². The molecule has 90 valence electrons. The van der Waals surface area contributed by atoms with Crippen molar-refractivity contribution in [1.29, 1.82) is 0 Å². The maximum atomic E-state index is 4.35. The molecule has 2 aromatic heterocycles. The summed E-state index contributed by atoms with van der Waals surface area (Å²) in [7, 11) is 1.89. The summed E-state index contributed by atoms with van der Waals surface area (Å²) in [5, 5.41) is 9.64. The summed E-state index contributed by atoms with van der Waals surface area (Å²) in [6, 6.07) is 2.30. The van der Waals surface area contributed by atoms with E-state index >= 15 is 0 Å². The first-order valence-corrected chi connectivity index (χ1v) is 6.50. The quantitative estimate of drug-likeness (QED) is 0.853. The Balaban J connectivity index is 2.13. The van der Waals surface area contributed by atoms with E-state index in [4.69, 9.17) is 0 Å².